The van der Waals surface area contributed by atoms with Gasteiger partial charge < -0.3 is 10.6 Å². The molecule has 0 saturated carbocycles. The van der Waals surface area contributed by atoms with Crippen LogP contribution in [0.25, 0.3) is 0 Å². The SMILES string of the molecule is O=C(Nc1ccccn1)c1ccc2c(c1)CNCC2. The van der Waals surface area contributed by atoms with Crippen molar-refractivity contribution in [2.24, 2.45) is 0 Å². The second-order valence-electron chi connectivity index (χ2n) is 4.58. The fourth-order valence-electron chi connectivity index (χ4n) is 2.25. The minimum absolute atomic E-state index is 0.118. The summed E-state index contributed by atoms with van der Waals surface area (Å²) in [6, 6.07) is 11.3. The van der Waals surface area contributed by atoms with E-state index in [4.69, 9.17) is 0 Å². The van der Waals surface area contributed by atoms with E-state index in [2.05, 4.69) is 15.6 Å². The Bertz CT molecular complexity index is 596. The molecule has 1 aliphatic rings. The van der Waals surface area contributed by atoms with E-state index >= 15 is 0 Å². The highest BCUT2D eigenvalue weighted by molar-refractivity contribution is 6.03. The standard InChI is InChI=1S/C15H15N3O/c19-15(18-14-3-1-2-7-17-14)12-5-4-11-6-8-16-10-13(11)9-12/h1-5,7,9,16H,6,8,10H2,(H,17,18,19). The number of aromatic nitrogens is 1. The average molecular weight is 253 g/mol. The Kier molecular flexibility index (Phi) is 3.25. The highest BCUT2D eigenvalue weighted by Crippen LogP contribution is 2.16. The number of anilines is 1. The Labute approximate surface area is 111 Å². The fraction of sp³-hybridized carbons (Fsp3) is 0.200. The van der Waals surface area contributed by atoms with Gasteiger partial charge >= 0.3 is 0 Å². The summed E-state index contributed by atoms with van der Waals surface area (Å²) in [5, 5.41) is 6.11. The topological polar surface area (TPSA) is 54.0 Å². The number of amides is 1. The van der Waals surface area contributed by atoms with Gasteiger partial charge in [-0.05, 0) is 48.4 Å². The van der Waals surface area contributed by atoms with Crippen LogP contribution in [0.5, 0.6) is 0 Å². The van der Waals surface area contributed by atoms with Crippen molar-refractivity contribution in [3.63, 3.8) is 0 Å². The summed E-state index contributed by atoms with van der Waals surface area (Å²) in [7, 11) is 0. The van der Waals surface area contributed by atoms with E-state index in [1.165, 1.54) is 11.1 Å². The molecule has 2 N–H and O–H groups in total. The van der Waals surface area contributed by atoms with E-state index in [-0.39, 0.29) is 5.91 Å². The van der Waals surface area contributed by atoms with E-state index in [1.807, 2.05) is 30.3 Å². The number of pyridine rings is 1. The molecule has 1 amide bonds. The second kappa shape index (κ2) is 5.20. The molecule has 0 saturated heterocycles. The molecule has 1 aromatic heterocycles. The van der Waals surface area contributed by atoms with Crippen molar-refractivity contribution >= 4 is 11.7 Å². The lowest BCUT2D eigenvalue weighted by Gasteiger charge is -2.17. The molecule has 4 nitrogen and oxygen atoms in total. The predicted octanol–water partition coefficient (Wildman–Crippen LogP) is 1.98. The number of hydrogen-bond donors (Lipinski definition) is 2. The Morgan fingerprint density at radius 1 is 1.21 bits per heavy atom. The molecule has 0 radical (unpaired) electrons. The number of fused-ring (bicyclic) bond motifs is 1. The van der Waals surface area contributed by atoms with Gasteiger partial charge in [0.1, 0.15) is 5.82 Å². The highest BCUT2D eigenvalue weighted by Gasteiger charge is 2.12. The summed E-state index contributed by atoms with van der Waals surface area (Å²) in [6.45, 7) is 1.84. The van der Waals surface area contributed by atoms with Crippen molar-refractivity contribution in [3.05, 3.63) is 59.3 Å². The average Bonchev–Trinajstić information content (AvgIpc) is 2.48. The molecular weight excluding hydrogens is 238 g/mol. The Hall–Kier alpha value is -2.20. The molecule has 0 fully saturated rings. The second-order valence-corrected chi connectivity index (χ2v) is 4.58. The van der Waals surface area contributed by atoms with Crippen molar-refractivity contribution in [2.75, 3.05) is 11.9 Å². The van der Waals surface area contributed by atoms with E-state index in [1.54, 1.807) is 12.3 Å². The van der Waals surface area contributed by atoms with Gasteiger partial charge in [-0.2, -0.15) is 0 Å². The molecule has 2 heterocycles. The van der Waals surface area contributed by atoms with E-state index < -0.39 is 0 Å². The van der Waals surface area contributed by atoms with E-state index in [0.717, 1.165) is 19.5 Å². The molecule has 96 valence electrons. The van der Waals surface area contributed by atoms with Gasteiger partial charge in [-0.1, -0.05) is 12.1 Å². The summed E-state index contributed by atoms with van der Waals surface area (Å²) in [4.78, 5) is 16.2. The van der Waals surface area contributed by atoms with Crippen molar-refractivity contribution in [3.8, 4) is 0 Å². The number of rotatable bonds is 2. The molecule has 0 aliphatic carbocycles. The van der Waals surface area contributed by atoms with Gasteiger partial charge in [0, 0.05) is 18.3 Å². The molecule has 19 heavy (non-hydrogen) atoms. The molecular formula is C15H15N3O. The van der Waals surface area contributed by atoms with Crippen molar-refractivity contribution in [2.45, 2.75) is 13.0 Å². The monoisotopic (exact) mass is 253 g/mol. The van der Waals surface area contributed by atoms with Crippen LogP contribution in [0.15, 0.2) is 42.6 Å². The van der Waals surface area contributed by atoms with Gasteiger partial charge in [-0.15, -0.1) is 0 Å². The summed E-state index contributed by atoms with van der Waals surface area (Å²) >= 11 is 0. The summed E-state index contributed by atoms with van der Waals surface area (Å²) in [5.41, 5.74) is 3.21. The number of nitrogens with one attached hydrogen (secondary N) is 2. The highest BCUT2D eigenvalue weighted by atomic mass is 16.1. The maximum absolute atomic E-state index is 12.1. The fourth-order valence-corrected chi connectivity index (χ4v) is 2.25. The molecule has 0 bridgehead atoms. The maximum Gasteiger partial charge on any atom is 0.256 e. The predicted molar refractivity (Wildman–Crippen MR) is 74.0 cm³/mol. The first-order valence-electron chi connectivity index (χ1n) is 6.38. The Balaban J connectivity index is 1.80. The van der Waals surface area contributed by atoms with Crippen LogP contribution in [-0.4, -0.2) is 17.4 Å². The van der Waals surface area contributed by atoms with Gasteiger partial charge in [0.05, 0.1) is 0 Å². The van der Waals surface area contributed by atoms with Crippen LogP contribution in [0, 0.1) is 0 Å². The zero-order valence-corrected chi connectivity index (χ0v) is 10.5. The van der Waals surface area contributed by atoms with Crippen LogP contribution in [-0.2, 0) is 13.0 Å². The number of nitrogens with zero attached hydrogens (tertiary/aromatic N) is 1. The smallest absolute Gasteiger partial charge is 0.256 e. The largest absolute Gasteiger partial charge is 0.312 e. The minimum atomic E-state index is -0.118. The van der Waals surface area contributed by atoms with Crippen molar-refractivity contribution < 1.29 is 4.79 Å². The maximum atomic E-state index is 12.1. The van der Waals surface area contributed by atoms with Crippen LogP contribution in [0.3, 0.4) is 0 Å². The summed E-state index contributed by atoms with van der Waals surface area (Å²) in [6.07, 6.45) is 2.68. The molecule has 0 spiro atoms. The van der Waals surface area contributed by atoms with Crippen LogP contribution < -0.4 is 10.6 Å². The first-order chi connectivity index (χ1) is 9.33. The number of carbonyl (C=O) groups is 1. The minimum Gasteiger partial charge on any atom is -0.312 e. The molecule has 1 aromatic carbocycles. The van der Waals surface area contributed by atoms with Crippen molar-refractivity contribution in [1.29, 1.82) is 0 Å². The van der Waals surface area contributed by atoms with Crippen LogP contribution in [0.2, 0.25) is 0 Å². The lowest BCUT2D eigenvalue weighted by Crippen LogP contribution is -2.24. The van der Waals surface area contributed by atoms with Crippen LogP contribution >= 0.6 is 0 Å². The summed E-state index contributed by atoms with van der Waals surface area (Å²) < 4.78 is 0. The Morgan fingerprint density at radius 2 is 2.16 bits per heavy atom. The van der Waals surface area contributed by atoms with Gasteiger partial charge in [0.2, 0.25) is 0 Å². The molecule has 0 unspecified atom stereocenters. The first kappa shape index (κ1) is 11.9. The number of carbonyl (C=O) groups excluding carboxylic acids is 1. The molecule has 4 heteroatoms. The van der Waals surface area contributed by atoms with Gasteiger partial charge in [0.15, 0.2) is 0 Å². The lowest BCUT2D eigenvalue weighted by atomic mass is 9.98. The lowest BCUT2D eigenvalue weighted by molar-refractivity contribution is 0.102. The molecule has 0 atom stereocenters. The van der Waals surface area contributed by atoms with E-state index in [0.29, 0.717) is 11.4 Å². The van der Waals surface area contributed by atoms with Crippen molar-refractivity contribution in [1.82, 2.24) is 10.3 Å². The van der Waals surface area contributed by atoms with Crippen LogP contribution in [0.4, 0.5) is 5.82 Å². The van der Waals surface area contributed by atoms with Crippen LogP contribution in [0.1, 0.15) is 21.5 Å². The third kappa shape index (κ3) is 2.63. The first-order valence-corrected chi connectivity index (χ1v) is 6.38. The van der Waals surface area contributed by atoms with Gasteiger partial charge in [-0.3, -0.25) is 4.79 Å². The quantitative estimate of drug-likeness (QED) is 0.860. The zero-order chi connectivity index (χ0) is 13.1. The Morgan fingerprint density at radius 3 is 3.00 bits per heavy atom. The third-order valence-corrected chi connectivity index (χ3v) is 3.26. The number of hydrogen-bond acceptors (Lipinski definition) is 3. The molecule has 1 aliphatic heterocycles. The zero-order valence-electron chi connectivity index (χ0n) is 10.5. The van der Waals surface area contributed by atoms with E-state index in [9.17, 15) is 4.79 Å². The molecule has 3 rings (SSSR count). The van der Waals surface area contributed by atoms with Gasteiger partial charge in [-0.25, -0.2) is 4.98 Å². The van der Waals surface area contributed by atoms with Gasteiger partial charge in [0.25, 0.3) is 5.91 Å². The number of benzene rings is 1. The third-order valence-electron chi connectivity index (χ3n) is 3.26. The summed E-state index contributed by atoms with van der Waals surface area (Å²) in [5.74, 6) is 0.454. The normalized spacial score (nSPS) is 13.7. The molecule has 2 aromatic rings.